The number of ketones is 2. The van der Waals surface area contributed by atoms with Crippen LogP contribution >= 0.6 is 23.4 Å². The van der Waals surface area contributed by atoms with E-state index in [9.17, 15) is 14.0 Å². The molecule has 0 fully saturated rings. The van der Waals surface area contributed by atoms with E-state index in [1.165, 1.54) is 36.0 Å². The highest BCUT2D eigenvalue weighted by atomic mass is 35.5. The molecule has 2 heterocycles. The van der Waals surface area contributed by atoms with Gasteiger partial charge in [0.2, 0.25) is 11.1 Å². The highest BCUT2D eigenvalue weighted by Gasteiger charge is 2.42. The molecule has 6 nitrogen and oxygen atoms in total. The fourth-order valence-electron chi connectivity index (χ4n) is 4.48. The minimum atomic E-state index is -0.455. The normalized spacial score (nSPS) is 18.8. The number of nitrogens with one attached hydrogen (secondary N) is 1. The van der Waals surface area contributed by atoms with Gasteiger partial charge in [0.05, 0.1) is 5.75 Å². The van der Waals surface area contributed by atoms with Gasteiger partial charge in [0.15, 0.2) is 11.6 Å². The van der Waals surface area contributed by atoms with Crippen molar-refractivity contribution in [2.45, 2.75) is 37.9 Å². The van der Waals surface area contributed by atoms with Crippen LogP contribution in [0.1, 0.15) is 48.7 Å². The van der Waals surface area contributed by atoms with Crippen LogP contribution in [0, 0.1) is 11.2 Å². The Morgan fingerprint density at radius 1 is 1.24 bits per heavy atom. The molecule has 0 spiro atoms. The van der Waals surface area contributed by atoms with Gasteiger partial charge < -0.3 is 5.32 Å². The minimum absolute atomic E-state index is 0.0746. The van der Waals surface area contributed by atoms with E-state index in [2.05, 4.69) is 29.2 Å². The summed E-state index contributed by atoms with van der Waals surface area (Å²) in [7, 11) is 0. The zero-order chi connectivity index (χ0) is 24.0. The number of hydrogen-bond acceptors (Lipinski definition) is 6. The van der Waals surface area contributed by atoms with Gasteiger partial charge in [0, 0.05) is 28.3 Å². The molecule has 1 N–H and O–H groups in total. The number of fused-ring (bicyclic) bond motifs is 1. The van der Waals surface area contributed by atoms with Gasteiger partial charge in [0.25, 0.3) is 0 Å². The van der Waals surface area contributed by atoms with E-state index in [4.69, 9.17) is 11.6 Å². The third-order valence-corrected chi connectivity index (χ3v) is 7.05. The summed E-state index contributed by atoms with van der Waals surface area (Å²) in [6, 6.07) is 12.4. The molecule has 0 saturated heterocycles. The molecule has 3 aromatic rings. The van der Waals surface area contributed by atoms with Crippen molar-refractivity contribution in [3.05, 3.63) is 81.8 Å². The first-order valence-corrected chi connectivity index (χ1v) is 12.2. The van der Waals surface area contributed by atoms with Crippen molar-refractivity contribution < 1.29 is 14.0 Å². The maximum absolute atomic E-state index is 13.3. The van der Waals surface area contributed by atoms with Gasteiger partial charge >= 0.3 is 0 Å². The number of benzene rings is 2. The molecular formula is C25H22ClFN4O2S. The molecule has 5 rings (SSSR count). The maximum atomic E-state index is 13.3. The SMILES string of the molecule is CC1(C)CC(=O)C2=C(C1)Nc1nc(SCC(=O)c3ccc(F)cc3)nn1[C@H]2c1cccc(Cl)c1. The number of hydrogen-bond donors (Lipinski definition) is 1. The van der Waals surface area contributed by atoms with Crippen LogP contribution in [-0.2, 0) is 4.79 Å². The van der Waals surface area contributed by atoms with Crippen molar-refractivity contribution in [3.63, 3.8) is 0 Å². The van der Waals surface area contributed by atoms with E-state index in [-0.39, 0.29) is 28.6 Å². The largest absolute Gasteiger partial charge is 0.328 e. The number of thioether (sulfide) groups is 1. The molecule has 1 atom stereocenters. The molecule has 0 radical (unpaired) electrons. The Hall–Kier alpha value is -2.97. The Bertz CT molecular complexity index is 1330. The van der Waals surface area contributed by atoms with Crippen molar-refractivity contribution in [2.24, 2.45) is 5.41 Å². The molecule has 1 aliphatic heterocycles. The second-order valence-corrected chi connectivity index (χ2v) is 10.7. The monoisotopic (exact) mass is 496 g/mol. The molecule has 9 heteroatoms. The van der Waals surface area contributed by atoms with E-state index in [1.54, 1.807) is 10.7 Å². The summed E-state index contributed by atoms with van der Waals surface area (Å²) in [6.45, 7) is 4.15. The lowest BCUT2D eigenvalue weighted by molar-refractivity contribution is -0.118. The molecule has 1 aromatic heterocycles. The van der Waals surface area contributed by atoms with Crippen molar-refractivity contribution in [3.8, 4) is 0 Å². The summed E-state index contributed by atoms with van der Waals surface area (Å²) < 4.78 is 14.9. The average Bonchev–Trinajstić information content (AvgIpc) is 3.18. The fraction of sp³-hybridized carbons (Fsp3) is 0.280. The Labute approximate surface area is 205 Å². The van der Waals surface area contributed by atoms with Gasteiger partial charge in [-0.3, -0.25) is 9.59 Å². The Kier molecular flexibility index (Phi) is 5.81. The average molecular weight is 497 g/mol. The minimum Gasteiger partial charge on any atom is -0.328 e. The fourth-order valence-corrected chi connectivity index (χ4v) is 5.41. The summed E-state index contributed by atoms with van der Waals surface area (Å²) in [4.78, 5) is 30.4. The Morgan fingerprint density at radius 2 is 2.00 bits per heavy atom. The number of rotatable bonds is 5. The first-order chi connectivity index (χ1) is 16.2. The van der Waals surface area contributed by atoms with Gasteiger partial charge in [-0.1, -0.05) is 49.3 Å². The predicted molar refractivity (Wildman–Crippen MR) is 130 cm³/mol. The van der Waals surface area contributed by atoms with Gasteiger partial charge in [0.1, 0.15) is 11.9 Å². The van der Waals surface area contributed by atoms with E-state index >= 15 is 0 Å². The standard InChI is InChI=1S/C25H22ClFN4O2S/c1-25(2)11-18-21(19(32)12-25)22(15-4-3-5-16(26)10-15)31-23(28-18)29-24(30-31)34-13-20(33)14-6-8-17(27)9-7-14/h3-10,22H,11-13H2,1-2H3,(H,28,29,30)/t22-/m0/s1. The molecular weight excluding hydrogens is 475 g/mol. The number of allylic oxidation sites excluding steroid dienone is 2. The van der Waals surface area contributed by atoms with Crippen LogP contribution in [0.5, 0.6) is 0 Å². The number of nitrogens with zero attached hydrogens (tertiary/aromatic N) is 3. The van der Waals surface area contributed by atoms with Gasteiger partial charge in [-0.2, -0.15) is 4.98 Å². The lowest BCUT2D eigenvalue weighted by Crippen LogP contribution is -2.36. The molecule has 2 aliphatic rings. The molecule has 174 valence electrons. The van der Waals surface area contributed by atoms with E-state index < -0.39 is 6.04 Å². The van der Waals surface area contributed by atoms with E-state index in [0.717, 1.165) is 11.3 Å². The lowest BCUT2D eigenvalue weighted by Gasteiger charge is -2.38. The molecule has 0 unspecified atom stereocenters. The molecule has 0 bridgehead atoms. The number of halogens is 2. The highest BCUT2D eigenvalue weighted by molar-refractivity contribution is 7.99. The zero-order valence-corrected chi connectivity index (χ0v) is 20.2. The summed E-state index contributed by atoms with van der Waals surface area (Å²) >= 11 is 7.48. The number of carbonyl (C=O) groups excluding carboxylic acids is 2. The molecule has 1 aliphatic carbocycles. The first kappa shape index (κ1) is 22.8. The topological polar surface area (TPSA) is 76.9 Å². The second-order valence-electron chi connectivity index (χ2n) is 9.30. The maximum Gasteiger partial charge on any atom is 0.227 e. The molecule has 0 saturated carbocycles. The third-order valence-electron chi connectivity index (χ3n) is 5.98. The van der Waals surface area contributed by atoms with Crippen LogP contribution in [0.2, 0.25) is 5.02 Å². The molecule has 34 heavy (non-hydrogen) atoms. The van der Waals surface area contributed by atoms with Crippen molar-refractivity contribution >= 4 is 40.9 Å². The summed E-state index contributed by atoms with van der Waals surface area (Å²) in [5.41, 5.74) is 2.64. The van der Waals surface area contributed by atoms with Crippen LogP contribution < -0.4 is 5.32 Å². The third kappa shape index (κ3) is 4.40. The number of carbonyl (C=O) groups is 2. The van der Waals surface area contributed by atoms with Crippen LogP contribution in [0.4, 0.5) is 10.3 Å². The van der Waals surface area contributed by atoms with Gasteiger partial charge in [-0.05, 0) is 53.8 Å². The number of aromatic nitrogens is 3. The van der Waals surface area contributed by atoms with Gasteiger partial charge in [-0.25, -0.2) is 9.07 Å². The van der Waals surface area contributed by atoms with Crippen molar-refractivity contribution in [1.29, 1.82) is 0 Å². The highest BCUT2D eigenvalue weighted by Crippen LogP contribution is 2.45. The first-order valence-electron chi connectivity index (χ1n) is 10.9. The summed E-state index contributed by atoms with van der Waals surface area (Å²) in [6.07, 6.45) is 1.16. The van der Waals surface area contributed by atoms with Crippen molar-refractivity contribution in [1.82, 2.24) is 14.8 Å². The van der Waals surface area contributed by atoms with Gasteiger partial charge in [-0.15, -0.1) is 5.10 Å². The summed E-state index contributed by atoms with van der Waals surface area (Å²) in [5.74, 6) is 0.165. The van der Waals surface area contributed by atoms with E-state index in [0.29, 0.717) is 40.1 Å². The van der Waals surface area contributed by atoms with E-state index in [1.807, 2.05) is 18.2 Å². The van der Waals surface area contributed by atoms with Crippen molar-refractivity contribution in [2.75, 3.05) is 11.1 Å². The Balaban J connectivity index is 1.47. The summed E-state index contributed by atoms with van der Waals surface area (Å²) in [5, 5.41) is 8.95. The zero-order valence-electron chi connectivity index (χ0n) is 18.6. The Morgan fingerprint density at radius 3 is 2.74 bits per heavy atom. The van der Waals surface area contributed by atoms with Crippen LogP contribution in [-0.4, -0.2) is 32.1 Å². The van der Waals surface area contributed by atoms with Crippen LogP contribution in [0.3, 0.4) is 0 Å². The van der Waals surface area contributed by atoms with Crippen LogP contribution in [0.15, 0.2) is 65.0 Å². The van der Waals surface area contributed by atoms with Crippen LogP contribution in [0.25, 0.3) is 0 Å². The lowest BCUT2D eigenvalue weighted by atomic mass is 9.73. The number of anilines is 1. The quantitative estimate of drug-likeness (QED) is 0.360. The smallest absolute Gasteiger partial charge is 0.227 e. The molecule has 2 aromatic carbocycles. The molecule has 0 amide bonds. The predicted octanol–water partition coefficient (Wildman–Crippen LogP) is 5.70. The second kappa shape index (κ2) is 8.67. The number of Topliss-reactive ketones (excluding diaryl/α,β-unsaturated/α-hetero) is 2.